The molecule has 0 bridgehead atoms. The van der Waals surface area contributed by atoms with Crippen molar-refractivity contribution >= 4 is 27.8 Å². The summed E-state index contributed by atoms with van der Waals surface area (Å²) in [5.74, 6) is -0.231. The number of hydrogen-bond donors (Lipinski definition) is 1. The number of amides is 1. The molecule has 1 fully saturated rings. The first kappa shape index (κ1) is 16.0. The molecule has 0 saturated heterocycles. The topological polar surface area (TPSA) is 55.4 Å². The van der Waals surface area contributed by atoms with Crippen molar-refractivity contribution in [3.05, 3.63) is 34.3 Å². The Bertz CT molecular complexity index is 518. The van der Waals surface area contributed by atoms with Crippen molar-refractivity contribution in [2.45, 2.75) is 38.6 Å². The Morgan fingerprint density at radius 3 is 2.71 bits per heavy atom. The van der Waals surface area contributed by atoms with Gasteiger partial charge in [-0.2, -0.15) is 0 Å². The predicted molar refractivity (Wildman–Crippen MR) is 84.0 cm³/mol. The Balaban J connectivity index is 1.81. The lowest BCUT2D eigenvalue weighted by atomic mass is 9.86. The molecule has 0 heterocycles. The van der Waals surface area contributed by atoms with Crippen LogP contribution in [0.2, 0.25) is 0 Å². The van der Waals surface area contributed by atoms with Crippen LogP contribution in [0.1, 0.15) is 43.0 Å². The first-order chi connectivity index (χ1) is 10.1. The lowest BCUT2D eigenvalue weighted by molar-refractivity contribution is -0.125. The van der Waals surface area contributed by atoms with Gasteiger partial charge in [0.25, 0.3) is 5.91 Å². The first-order valence-electron chi connectivity index (χ1n) is 7.29. The highest BCUT2D eigenvalue weighted by molar-refractivity contribution is 9.10. The van der Waals surface area contributed by atoms with E-state index in [9.17, 15) is 9.59 Å². The van der Waals surface area contributed by atoms with Crippen LogP contribution in [0, 0.1) is 5.92 Å². The zero-order chi connectivity index (χ0) is 15.2. The van der Waals surface area contributed by atoms with Crippen LogP contribution in [0.5, 0.6) is 0 Å². The molecule has 2 unspecified atom stereocenters. The number of benzene rings is 1. The van der Waals surface area contributed by atoms with E-state index < -0.39 is 5.97 Å². The molecule has 1 saturated carbocycles. The van der Waals surface area contributed by atoms with Crippen LogP contribution in [-0.2, 0) is 9.53 Å². The Hall–Kier alpha value is -1.36. The maximum Gasteiger partial charge on any atom is 0.339 e. The van der Waals surface area contributed by atoms with Crippen LogP contribution < -0.4 is 5.32 Å². The van der Waals surface area contributed by atoms with Gasteiger partial charge in [-0.1, -0.05) is 31.9 Å². The third-order valence-electron chi connectivity index (χ3n) is 3.89. The maximum atomic E-state index is 11.9. The van der Waals surface area contributed by atoms with Crippen molar-refractivity contribution in [1.29, 1.82) is 0 Å². The summed E-state index contributed by atoms with van der Waals surface area (Å²) < 4.78 is 5.73. The van der Waals surface area contributed by atoms with E-state index in [1.807, 2.05) is 6.07 Å². The van der Waals surface area contributed by atoms with Gasteiger partial charge in [0.15, 0.2) is 6.61 Å². The lowest BCUT2D eigenvalue weighted by Gasteiger charge is -2.29. The molecule has 0 aliphatic heterocycles. The van der Waals surface area contributed by atoms with Crippen LogP contribution in [0.25, 0.3) is 0 Å². The largest absolute Gasteiger partial charge is 0.452 e. The highest BCUT2D eigenvalue weighted by Crippen LogP contribution is 2.23. The zero-order valence-corrected chi connectivity index (χ0v) is 13.7. The minimum Gasteiger partial charge on any atom is -0.452 e. The molecule has 0 radical (unpaired) electrons. The van der Waals surface area contributed by atoms with Crippen LogP contribution in [0.4, 0.5) is 0 Å². The molecule has 1 aromatic carbocycles. The van der Waals surface area contributed by atoms with Gasteiger partial charge in [0.1, 0.15) is 0 Å². The van der Waals surface area contributed by atoms with Gasteiger partial charge in [-0.3, -0.25) is 4.79 Å². The molecule has 1 amide bonds. The van der Waals surface area contributed by atoms with Crippen molar-refractivity contribution in [2.24, 2.45) is 5.92 Å². The first-order valence-corrected chi connectivity index (χ1v) is 8.08. The molecule has 1 aliphatic rings. The summed E-state index contributed by atoms with van der Waals surface area (Å²) in [6.45, 7) is 1.92. The SMILES string of the molecule is CC1CCCCC1NC(=O)COC(=O)c1ccccc1Br. The van der Waals surface area contributed by atoms with Crippen molar-refractivity contribution in [3.63, 3.8) is 0 Å². The molecule has 2 rings (SSSR count). The highest BCUT2D eigenvalue weighted by Gasteiger charge is 2.23. The van der Waals surface area contributed by atoms with E-state index in [-0.39, 0.29) is 18.6 Å². The molecule has 1 aromatic rings. The number of rotatable bonds is 4. The smallest absolute Gasteiger partial charge is 0.339 e. The third kappa shape index (κ3) is 4.56. The minimum atomic E-state index is -0.491. The van der Waals surface area contributed by atoms with Gasteiger partial charge in [0.2, 0.25) is 0 Å². The van der Waals surface area contributed by atoms with E-state index in [0.717, 1.165) is 19.3 Å². The van der Waals surface area contributed by atoms with Crippen LogP contribution in [0.15, 0.2) is 28.7 Å². The van der Waals surface area contributed by atoms with Gasteiger partial charge in [0, 0.05) is 10.5 Å². The fraction of sp³-hybridized carbons (Fsp3) is 0.500. The predicted octanol–water partition coefficient (Wildman–Crippen LogP) is 3.30. The monoisotopic (exact) mass is 353 g/mol. The summed E-state index contributed by atoms with van der Waals surface area (Å²) in [4.78, 5) is 23.8. The Labute approximate surface area is 133 Å². The molecule has 1 aliphatic carbocycles. The Kier molecular flexibility index (Phi) is 5.79. The van der Waals surface area contributed by atoms with Crippen LogP contribution >= 0.6 is 15.9 Å². The number of ether oxygens (including phenoxy) is 1. The number of nitrogens with one attached hydrogen (secondary N) is 1. The number of esters is 1. The summed E-state index contributed by atoms with van der Waals surface area (Å²) in [6.07, 6.45) is 4.52. The number of carbonyl (C=O) groups is 2. The van der Waals surface area contributed by atoms with Crippen molar-refractivity contribution in [3.8, 4) is 0 Å². The van der Waals surface area contributed by atoms with Gasteiger partial charge in [-0.05, 0) is 46.8 Å². The van der Waals surface area contributed by atoms with Gasteiger partial charge >= 0.3 is 5.97 Å². The average molecular weight is 354 g/mol. The van der Waals surface area contributed by atoms with E-state index in [1.54, 1.807) is 18.2 Å². The molecule has 4 nitrogen and oxygen atoms in total. The van der Waals surface area contributed by atoms with E-state index >= 15 is 0 Å². The summed E-state index contributed by atoms with van der Waals surface area (Å²) in [6, 6.07) is 7.20. The summed E-state index contributed by atoms with van der Waals surface area (Å²) in [7, 11) is 0. The van der Waals surface area contributed by atoms with Crippen LogP contribution in [0.3, 0.4) is 0 Å². The zero-order valence-electron chi connectivity index (χ0n) is 12.1. The van der Waals surface area contributed by atoms with Gasteiger partial charge in [-0.15, -0.1) is 0 Å². The summed E-state index contributed by atoms with van der Waals surface area (Å²) in [5.41, 5.74) is 0.427. The molecule has 114 valence electrons. The van der Waals surface area contributed by atoms with E-state index in [1.165, 1.54) is 6.42 Å². The lowest BCUT2D eigenvalue weighted by Crippen LogP contribution is -2.42. The van der Waals surface area contributed by atoms with E-state index in [4.69, 9.17) is 4.74 Å². The minimum absolute atomic E-state index is 0.202. The fourth-order valence-electron chi connectivity index (χ4n) is 2.61. The average Bonchev–Trinajstić information content (AvgIpc) is 2.48. The van der Waals surface area contributed by atoms with Gasteiger partial charge in [0.05, 0.1) is 5.56 Å². The molecule has 1 N–H and O–H groups in total. The number of halogens is 1. The Morgan fingerprint density at radius 1 is 1.29 bits per heavy atom. The summed E-state index contributed by atoms with van der Waals surface area (Å²) in [5, 5.41) is 2.96. The van der Waals surface area contributed by atoms with Gasteiger partial charge in [-0.25, -0.2) is 4.79 Å². The normalized spacial score (nSPS) is 21.6. The second-order valence-electron chi connectivity index (χ2n) is 5.49. The quantitative estimate of drug-likeness (QED) is 0.844. The number of hydrogen-bond acceptors (Lipinski definition) is 3. The molecular weight excluding hydrogens is 334 g/mol. The molecule has 5 heteroatoms. The Morgan fingerprint density at radius 2 is 2.00 bits per heavy atom. The second kappa shape index (κ2) is 7.59. The highest BCUT2D eigenvalue weighted by atomic mass is 79.9. The van der Waals surface area contributed by atoms with E-state index in [0.29, 0.717) is 16.0 Å². The second-order valence-corrected chi connectivity index (χ2v) is 6.35. The maximum absolute atomic E-state index is 11.9. The van der Waals surface area contributed by atoms with E-state index in [2.05, 4.69) is 28.2 Å². The summed E-state index contributed by atoms with van der Waals surface area (Å²) >= 11 is 3.29. The molecular formula is C16H20BrNO3. The number of carbonyl (C=O) groups excluding carboxylic acids is 2. The molecule has 0 spiro atoms. The molecule has 0 aromatic heterocycles. The molecule has 2 atom stereocenters. The van der Waals surface area contributed by atoms with Crippen molar-refractivity contribution in [2.75, 3.05) is 6.61 Å². The standard InChI is InChI=1S/C16H20BrNO3/c1-11-6-2-5-9-14(11)18-15(19)10-21-16(20)12-7-3-4-8-13(12)17/h3-4,7-8,11,14H,2,5-6,9-10H2,1H3,(H,18,19). The van der Waals surface area contributed by atoms with Crippen molar-refractivity contribution in [1.82, 2.24) is 5.32 Å². The molecule has 21 heavy (non-hydrogen) atoms. The van der Waals surface area contributed by atoms with Crippen LogP contribution in [-0.4, -0.2) is 24.5 Å². The fourth-order valence-corrected chi connectivity index (χ4v) is 3.06. The van der Waals surface area contributed by atoms with Crippen molar-refractivity contribution < 1.29 is 14.3 Å². The van der Waals surface area contributed by atoms with Gasteiger partial charge < -0.3 is 10.1 Å². The third-order valence-corrected chi connectivity index (χ3v) is 4.58.